The van der Waals surface area contributed by atoms with E-state index in [4.69, 9.17) is 0 Å². The van der Waals surface area contributed by atoms with E-state index >= 15 is 0 Å². The second kappa shape index (κ2) is 23.0. The average molecular weight is 903 g/mol. The highest BCUT2D eigenvalue weighted by molar-refractivity contribution is 8.00. The van der Waals surface area contributed by atoms with Gasteiger partial charge in [-0.05, 0) is 94.4 Å². The number of carbonyl (C=O) groups is 4. The van der Waals surface area contributed by atoms with Crippen LogP contribution >= 0.6 is 11.8 Å². The SMILES string of the molecule is CC[C@@H](C)C(=O)NC1CCC[C@H]2CC[C@@H](C(=O)NC(c3ccccc3)c3ccccc3)N2C1.CC[C@@H](C)C(=O)NC1CCC[C@H]2SC[C@@H](C(=O)Nc3cc(C)nn3-c3ccccc3)N2C1. The minimum absolute atomic E-state index is 0.00835. The monoisotopic (exact) mass is 903 g/mol. The molecule has 4 saturated heterocycles. The van der Waals surface area contributed by atoms with E-state index in [0.29, 0.717) is 17.2 Å². The van der Waals surface area contributed by atoms with Gasteiger partial charge in [-0.25, -0.2) is 4.68 Å². The number of carbonyl (C=O) groups excluding carboxylic acids is 4. The van der Waals surface area contributed by atoms with Gasteiger partial charge in [0.2, 0.25) is 23.6 Å². The Labute approximate surface area is 390 Å². The van der Waals surface area contributed by atoms with Crippen molar-refractivity contribution >= 4 is 41.2 Å². The van der Waals surface area contributed by atoms with Crippen molar-refractivity contribution < 1.29 is 19.2 Å². The predicted molar refractivity (Wildman–Crippen MR) is 261 cm³/mol. The summed E-state index contributed by atoms with van der Waals surface area (Å²) in [6.45, 7) is 11.4. The molecule has 0 aliphatic carbocycles. The lowest BCUT2D eigenvalue weighted by Crippen LogP contribution is -2.51. The molecule has 8 atom stereocenters. The molecule has 4 aromatic rings. The molecule has 4 fully saturated rings. The third-order valence-electron chi connectivity index (χ3n) is 13.9. The molecule has 0 spiro atoms. The number of amides is 4. The van der Waals surface area contributed by atoms with E-state index in [9.17, 15) is 19.2 Å². The molecule has 0 saturated carbocycles. The zero-order valence-corrected chi connectivity index (χ0v) is 39.8. The molecule has 5 heterocycles. The maximum Gasteiger partial charge on any atom is 0.243 e. The molecule has 348 valence electrons. The summed E-state index contributed by atoms with van der Waals surface area (Å²) in [7, 11) is 0. The van der Waals surface area contributed by atoms with Gasteiger partial charge in [0.15, 0.2) is 0 Å². The van der Waals surface area contributed by atoms with Crippen molar-refractivity contribution in [1.29, 1.82) is 0 Å². The fourth-order valence-electron chi connectivity index (χ4n) is 9.70. The minimum atomic E-state index is -0.217. The standard InChI is InChI=1S/C28H37N3O2.C24H33N5O2S/c1-3-20(2)27(32)29-23-15-10-16-24-17-18-25(31(24)19-23)28(33)30-26(21-11-6-4-7-12-21)22-13-8-5-9-14-22;1-4-16(2)23(30)25-18-9-8-12-22-28(14-18)20(15-32-22)24(31)26-21-13-17(3)27-29(21)19-10-6-5-7-11-19/h4-9,11-14,20,23-26H,3,10,15-19H2,1-2H3,(H,29,32)(H,30,33);5-7,10-11,13,16,18,20,22H,4,8-9,12,14-15H2,1-3H3,(H,25,30)(H,26,31)/t20-,23?,24+,25+;16-,18?,20+,22-/m11/s1. The first-order valence-electron chi connectivity index (χ1n) is 24.1. The number of nitrogens with zero attached hydrogens (tertiary/aromatic N) is 4. The average Bonchev–Trinajstić information content (AvgIpc) is 3.95. The molecule has 1 aromatic heterocycles. The summed E-state index contributed by atoms with van der Waals surface area (Å²) < 4.78 is 1.78. The van der Waals surface area contributed by atoms with Crippen molar-refractivity contribution in [3.8, 4) is 5.69 Å². The summed E-state index contributed by atoms with van der Waals surface area (Å²) >= 11 is 1.85. The van der Waals surface area contributed by atoms with Gasteiger partial charge < -0.3 is 21.3 Å². The molecular formula is C52H70N8O4S. The summed E-state index contributed by atoms with van der Waals surface area (Å²) in [6, 6.07) is 32.2. The van der Waals surface area contributed by atoms with E-state index in [1.807, 2.05) is 119 Å². The molecule has 0 bridgehead atoms. The third-order valence-corrected chi connectivity index (χ3v) is 15.3. The lowest BCUT2D eigenvalue weighted by Gasteiger charge is -2.32. The van der Waals surface area contributed by atoms with Crippen LogP contribution in [0.4, 0.5) is 5.82 Å². The largest absolute Gasteiger partial charge is 0.352 e. The Balaban J connectivity index is 0.000000194. The van der Waals surface area contributed by atoms with Crippen molar-refractivity contribution in [2.75, 3.05) is 24.2 Å². The van der Waals surface area contributed by atoms with Crippen LogP contribution in [0.2, 0.25) is 0 Å². The van der Waals surface area contributed by atoms with Gasteiger partial charge in [-0.1, -0.05) is 107 Å². The van der Waals surface area contributed by atoms with Crippen molar-refractivity contribution in [3.63, 3.8) is 0 Å². The van der Waals surface area contributed by atoms with Crippen LogP contribution in [0.1, 0.15) is 115 Å². The highest BCUT2D eigenvalue weighted by Gasteiger charge is 2.42. The van der Waals surface area contributed by atoms with Crippen LogP contribution in [0.3, 0.4) is 0 Å². The van der Waals surface area contributed by atoms with E-state index in [2.05, 4.69) is 60.4 Å². The molecule has 13 heteroatoms. The van der Waals surface area contributed by atoms with Crippen molar-refractivity contribution in [1.82, 2.24) is 35.5 Å². The molecule has 65 heavy (non-hydrogen) atoms. The van der Waals surface area contributed by atoms with E-state index in [1.165, 1.54) is 0 Å². The Kier molecular flexibility index (Phi) is 16.9. The van der Waals surface area contributed by atoms with E-state index in [0.717, 1.165) is 106 Å². The number of thioether (sulfide) groups is 1. The number of rotatable bonds is 13. The number of aromatic nitrogens is 2. The van der Waals surface area contributed by atoms with Crippen LogP contribution in [0.25, 0.3) is 5.69 Å². The molecular weight excluding hydrogens is 833 g/mol. The Morgan fingerprint density at radius 1 is 0.677 bits per heavy atom. The van der Waals surface area contributed by atoms with Gasteiger partial charge in [-0.15, -0.1) is 11.8 Å². The number of benzene rings is 3. The van der Waals surface area contributed by atoms with Gasteiger partial charge >= 0.3 is 0 Å². The molecule has 2 unspecified atom stereocenters. The van der Waals surface area contributed by atoms with Crippen molar-refractivity contribution in [3.05, 3.63) is 114 Å². The van der Waals surface area contributed by atoms with Crippen LogP contribution in [-0.4, -0.2) is 97.6 Å². The number of anilines is 1. The molecule has 0 radical (unpaired) electrons. The number of hydrogen-bond donors (Lipinski definition) is 4. The number of aryl methyl sites for hydroxylation is 1. The number of hydrogen-bond acceptors (Lipinski definition) is 8. The summed E-state index contributed by atoms with van der Waals surface area (Å²) in [5.74, 6) is 1.82. The van der Waals surface area contributed by atoms with Gasteiger partial charge in [-0.3, -0.25) is 29.0 Å². The topological polar surface area (TPSA) is 141 Å². The quantitative estimate of drug-likeness (QED) is 0.106. The maximum absolute atomic E-state index is 13.6. The smallest absolute Gasteiger partial charge is 0.243 e. The Bertz CT molecular complexity index is 2130. The van der Waals surface area contributed by atoms with E-state index in [1.54, 1.807) is 4.68 Å². The first kappa shape index (κ1) is 48.0. The second-order valence-electron chi connectivity index (χ2n) is 18.5. The highest BCUT2D eigenvalue weighted by Crippen LogP contribution is 2.36. The van der Waals surface area contributed by atoms with Crippen LogP contribution in [0.15, 0.2) is 97.1 Å². The van der Waals surface area contributed by atoms with Crippen LogP contribution in [0.5, 0.6) is 0 Å². The lowest BCUT2D eigenvalue weighted by atomic mass is 9.98. The second-order valence-corrected chi connectivity index (χ2v) is 19.7. The zero-order valence-electron chi connectivity index (χ0n) is 39.0. The van der Waals surface area contributed by atoms with Crippen molar-refractivity contribution in [2.24, 2.45) is 11.8 Å². The molecule has 4 N–H and O–H groups in total. The predicted octanol–water partition coefficient (Wildman–Crippen LogP) is 8.02. The first-order valence-corrected chi connectivity index (χ1v) is 25.1. The fourth-order valence-corrected chi connectivity index (χ4v) is 11.2. The number of nitrogens with one attached hydrogen (secondary N) is 4. The molecule has 12 nitrogen and oxygen atoms in total. The van der Waals surface area contributed by atoms with Crippen LogP contribution in [0, 0.1) is 18.8 Å². The maximum atomic E-state index is 13.6. The number of fused-ring (bicyclic) bond motifs is 2. The third kappa shape index (κ3) is 12.3. The first-order chi connectivity index (χ1) is 31.5. The minimum Gasteiger partial charge on any atom is -0.352 e. The summed E-state index contributed by atoms with van der Waals surface area (Å²) in [5, 5.41) is 17.9. The Morgan fingerprint density at radius 2 is 1.23 bits per heavy atom. The molecule has 8 rings (SSSR count). The zero-order chi connectivity index (χ0) is 45.9. The fraction of sp³-hybridized carbons (Fsp3) is 0.519. The van der Waals surface area contributed by atoms with Crippen LogP contribution in [-0.2, 0) is 19.2 Å². The van der Waals surface area contributed by atoms with Crippen LogP contribution < -0.4 is 21.3 Å². The van der Waals surface area contributed by atoms with E-state index in [-0.39, 0.29) is 65.7 Å². The molecule has 4 aliphatic heterocycles. The van der Waals surface area contributed by atoms with Gasteiger partial charge in [-0.2, -0.15) is 5.10 Å². The molecule has 3 aromatic carbocycles. The molecule has 4 amide bonds. The summed E-state index contributed by atoms with van der Waals surface area (Å²) in [4.78, 5) is 56.6. The van der Waals surface area contributed by atoms with E-state index < -0.39 is 0 Å². The Hall–Kier alpha value is -4.98. The van der Waals surface area contributed by atoms with Gasteiger partial charge in [0, 0.05) is 54.9 Å². The number of para-hydroxylation sites is 1. The highest BCUT2D eigenvalue weighted by atomic mass is 32.2. The summed E-state index contributed by atoms with van der Waals surface area (Å²) in [6.07, 6.45) is 9.85. The normalized spacial score (nSPS) is 24.2. The van der Waals surface area contributed by atoms with Crippen molar-refractivity contribution in [2.45, 2.75) is 140 Å². The lowest BCUT2D eigenvalue weighted by molar-refractivity contribution is -0.127. The van der Waals surface area contributed by atoms with Gasteiger partial charge in [0.05, 0.1) is 34.9 Å². The Morgan fingerprint density at radius 3 is 1.82 bits per heavy atom. The van der Waals surface area contributed by atoms with Gasteiger partial charge in [0.1, 0.15) is 5.82 Å². The van der Waals surface area contributed by atoms with Gasteiger partial charge in [0.25, 0.3) is 0 Å². The summed E-state index contributed by atoms with van der Waals surface area (Å²) in [5.41, 5.74) is 3.94. The molecule has 4 aliphatic rings.